The standard InChI is InChI=1S/C16H19N5O3/c1-2-3-4-5-14-17-16-18-15(22)10-13(20(16)19-14)11-6-8-12(9-7-11)21(23)24/h6-9,13H,2-5,10H2,1H3,(H,17,18,19,22). The van der Waals surface area contributed by atoms with E-state index in [1.165, 1.54) is 12.1 Å². The van der Waals surface area contributed by atoms with Crippen molar-refractivity contribution in [3.8, 4) is 0 Å². The summed E-state index contributed by atoms with van der Waals surface area (Å²) in [5.74, 6) is 1.03. The third-order valence-electron chi connectivity index (χ3n) is 4.09. The van der Waals surface area contributed by atoms with E-state index in [0.717, 1.165) is 31.2 Å². The van der Waals surface area contributed by atoms with Gasteiger partial charge in [0.05, 0.1) is 17.4 Å². The molecule has 8 nitrogen and oxygen atoms in total. The molecule has 1 atom stereocenters. The Morgan fingerprint density at radius 1 is 1.33 bits per heavy atom. The van der Waals surface area contributed by atoms with Gasteiger partial charge in [-0.1, -0.05) is 31.9 Å². The second-order valence-corrected chi connectivity index (χ2v) is 5.87. The minimum absolute atomic E-state index is 0.0260. The van der Waals surface area contributed by atoms with Gasteiger partial charge in [0.15, 0.2) is 5.82 Å². The summed E-state index contributed by atoms with van der Waals surface area (Å²) in [4.78, 5) is 26.7. The maximum Gasteiger partial charge on any atom is 0.269 e. The lowest BCUT2D eigenvalue weighted by Crippen LogP contribution is -2.29. The number of carbonyl (C=O) groups excluding carboxylic acids is 1. The van der Waals surface area contributed by atoms with Crippen LogP contribution in [0.5, 0.6) is 0 Å². The number of anilines is 1. The lowest BCUT2D eigenvalue weighted by molar-refractivity contribution is -0.384. The summed E-state index contributed by atoms with van der Waals surface area (Å²) in [7, 11) is 0. The van der Waals surface area contributed by atoms with E-state index in [4.69, 9.17) is 0 Å². The number of non-ortho nitro benzene ring substituents is 1. The van der Waals surface area contributed by atoms with E-state index in [2.05, 4.69) is 22.3 Å². The predicted octanol–water partition coefficient (Wildman–Crippen LogP) is 2.85. The van der Waals surface area contributed by atoms with E-state index in [9.17, 15) is 14.9 Å². The fraction of sp³-hybridized carbons (Fsp3) is 0.438. The van der Waals surface area contributed by atoms with Gasteiger partial charge >= 0.3 is 0 Å². The number of carbonyl (C=O) groups is 1. The average Bonchev–Trinajstić information content (AvgIpc) is 2.97. The molecule has 126 valence electrons. The first-order valence-corrected chi connectivity index (χ1v) is 8.08. The first-order valence-electron chi connectivity index (χ1n) is 8.08. The van der Waals surface area contributed by atoms with E-state index >= 15 is 0 Å². The molecule has 0 saturated heterocycles. The van der Waals surface area contributed by atoms with E-state index in [1.807, 2.05) is 0 Å². The smallest absolute Gasteiger partial charge is 0.269 e. The van der Waals surface area contributed by atoms with Crippen molar-refractivity contribution in [2.24, 2.45) is 0 Å². The highest BCUT2D eigenvalue weighted by Gasteiger charge is 2.29. The number of hydrogen-bond acceptors (Lipinski definition) is 5. The largest absolute Gasteiger partial charge is 0.295 e. The molecule has 1 N–H and O–H groups in total. The van der Waals surface area contributed by atoms with Gasteiger partial charge in [-0.2, -0.15) is 10.1 Å². The zero-order chi connectivity index (χ0) is 17.1. The van der Waals surface area contributed by atoms with Gasteiger partial charge in [0.2, 0.25) is 11.9 Å². The number of fused-ring (bicyclic) bond motifs is 1. The van der Waals surface area contributed by atoms with Crippen molar-refractivity contribution in [3.63, 3.8) is 0 Å². The van der Waals surface area contributed by atoms with Crippen molar-refractivity contribution in [1.82, 2.24) is 14.8 Å². The molecular formula is C16H19N5O3. The molecule has 0 radical (unpaired) electrons. The van der Waals surface area contributed by atoms with Crippen molar-refractivity contribution in [3.05, 3.63) is 45.8 Å². The molecule has 1 aromatic carbocycles. The van der Waals surface area contributed by atoms with Crippen LogP contribution >= 0.6 is 0 Å². The van der Waals surface area contributed by atoms with Crippen LogP contribution in [-0.4, -0.2) is 25.6 Å². The van der Waals surface area contributed by atoms with Gasteiger partial charge in [-0.05, 0) is 12.0 Å². The third-order valence-corrected chi connectivity index (χ3v) is 4.09. The number of aromatic nitrogens is 3. The minimum Gasteiger partial charge on any atom is -0.295 e. The molecule has 0 bridgehead atoms. The molecule has 8 heteroatoms. The molecule has 2 heterocycles. The number of benzene rings is 1. The van der Waals surface area contributed by atoms with Crippen molar-refractivity contribution >= 4 is 17.5 Å². The van der Waals surface area contributed by atoms with Crippen LogP contribution in [0.25, 0.3) is 0 Å². The Bertz CT molecular complexity index is 754. The summed E-state index contributed by atoms with van der Waals surface area (Å²) in [5.41, 5.74) is 0.833. The van der Waals surface area contributed by atoms with Crippen LogP contribution in [0, 0.1) is 10.1 Å². The van der Waals surface area contributed by atoms with E-state index in [-0.39, 0.29) is 24.1 Å². The van der Waals surface area contributed by atoms with Gasteiger partial charge in [-0.15, -0.1) is 0 Å². The lowest BCUT2D eigenvalue weighted by atomic mass is 10.0. The second kappa shape index (κ2) is 6.77. The van der Waals surface area contributed by atoms with Crippen LogP contribution in [0.3, 0.4) is 0 Å². The summed E-state index contributed by atoms with van der Waals surface area (Å²) in [6, 6.07) is 5.94. The molecule has 1 amide bonds. The molecule has 0 saturated carbocycles. The number of nitrogens with one attached hydrogen (secondary N) is 1. The highest BCUT2D eigenvalue weighted by atomic mass is 16.6. The number of rotatable bonds is 6. The van der Waals surface area contributed by atoms with Gasteiger partial charge in [-0.25, -0.2) is 4.68 Å². The van der Waals surface area contributed by atoms with Gasteiger partial charge < -0.3 is 0 Å². The van der Waals surface area contributed by atoms with Crippen molar-refractivity contribution in [2.75, 3.05) is 5.32 Å². The SMILES string of the molecule is CCCCCc1nc2n(n1)C(c1ccc([N+](=O)[O-])cc1)CC(=O)N2. The summed E-state index contributed by atoms with van der Waals surface area (Å²) >= 11 is 0. The minimum atomic E-state index is -0.440. The highest BCUT2D eigenvalue weighted by molar-refractivity contribution is 5.91. The Kier molecular flexibility index (Phi) is 4.54. The summed E-state index contributed by atoms with van der Waals surface area (Å²) in [6.07, 6.45) is 4.26. The molecule has 1 aliphatic heterocycles. The van der Waals surface area contributed by atoms with E-state index in [1.54, 1.807) is 16.8 Å². The third kappa shape index (κ3) is 3.27. The number of nitro benzene ring substituents is 1. The van der Waals surface area contributed by atoms with Gasteiger partial charge in [0, 0.05) is 18.6 Å². The number of nitrogens with zero attached hydrogens (tertiary/aromatic N) is 4. The van der Waals surface area contributed by atoms with Gasteiger partial charge in [-0.3, -0.25) is 20.2 Å². The highest BCUT2D eigenvalue weighted by Crippen LogP contribution is 2.30. The first kappa shape index (κ1) is 16.1. The zero-order valence-electron chi connectivity index (χ0n) is 13.4. The van der Waals surface area contributed by atoms with Crippen LogP contribution in [-0.2, 0) is 11.2 Å². The zero-order valence-corrected chi connectivity index (χ0v) is 13.4. The Morgan fingerprint density at radius 2 is 2.08 bits per heavy atom. The molecular weight excluding hydrogens is 310 g/mol. The number of unbranched alkanes of at least 4 members (excludes halogenated alkanes) is 2. The predicted molar refractivity (Wildman–Crippen MR) is 87.7 cm³/mol. The maximum atomic E-state index is 12.0. The molecule has 24 heavy (non-hydrogen) atoms. The van der Waals surface area contributed by atoms with Crippen LogP contribution in [0.2, 0.25) is 0 Å². The van der Waals surface area contributed by atoms with E-state index in [0.29, 0.717) is 11.8 Å². The first-order chi connectivity index (χ1) is 11.6. The van der Waals surface area contributed by atoms with Crippen LogP contribution in [0.15, 0.2) is 24.3 Å². The molecule has 0 spiro atoms. The number of aryl methyl sites for hydroxylation is 1. The number of nitro groups is 1. The van der Waals surface area contributed by atoms with Crippen LogP contribution < -0.4 is 5.32 Å². The van der Waals surface area contributed by atoms with Gasteiger partial charge in [0.1, 0.15) is 0 Å². The fourth-order valence-corrected chi connectivity index (χ4v) is 2.82. The quantitative estimate of drug-likeness (QED) is 0.498. The number of hydrogen-bond donors (Lipinski definition) is 1. The molecule has 1 aliphatic rings. The molecule has 0 fully saturated rings. The Balaban J connectivity index is 1.87. The Morgan fingerprint density at radius 3 is 2.75 bits per heavy atom. The monoisotopic (exact) mass is 329 g/mol. The summed E-state index contributed by atoms with van der Waals surface area (Å²) in [5, 5.41) is 18.1. The fourth-order valence-electron chi connectivity index (χ4n) is 2.82. The molecule has 2 aromatic rings. The van der Waals surface area contributed by atoms with E-state index < -0.39 is 4.92 Å². The van der Waals surface area contributed by atoms with Gasteiger partial charge in [0.25, 0.3) is 5.69 Å². The topological polar surface area (TPSA) is 103 Å². The molecule has 1 unspecified atom stereocenters. The van der Waals surface area contributed by atoms with Crippen LogP contribution in [0.4, 0.5) is 11.6 Å². The lowest BCUT2D eigenvalue weighted by Gasteiger charge is -2.23. The average molecular weight is 329 g/mol. The Labute approximate surface area is 139 Å². The summed E-state index contributed by atoms with van der Waals surface area (Å²) < 4.78 is 1.71. The molecule has 3 rings (SSSR count). The normalized spacial score (nSPS) is 16.5. The maximum absolute atomic E-state index is 12.0. The Hall–Kier alpha value is -2.77. The van der Waals surface area contributed by atoms with Crippen molar-refractivity contribution in [1.29, 1.82) is 0 Å². The number of amides is 1. The van der Waals surface area contributed by atoms with Crippen molar-refractivity contribution in [2.45, 2.75) is 45.1 Å². The van der Waals surface area contributed by atoms with Crippen LogP contribution in [0.1, 0.15) is 50.0 Å². The summed E-state index contributed by atoms with van der Waals surface area (Å²) in [6.45, 7) is 2.14. The second-order valence-electron chi connectivity index (χ2n) is 5.87. The molecule has 0 aliphatic carbocycles. The molecule has 1 aromatic heterocycles. The van der Waals surface area contributed by atoms with Crippen molar-refractivity contribution < 1.29 is 9.72 Å².